The summed E-state index contributed by atoms with van der Waals surface area (Å²) in [5.74, 6) is 0.357. The van der Waals surface area contributed by atoms with Gasteiger partial charge in [-0.3, -0.25) is 4.90 Å². The number of nitrogens with two attached hydrogens (primary N) is 1. The maximum absolute atomic E-state index is 12.5. The normalized spacial score (nSPS) is 19.8. The molecular formula is C15H22ClN5O2. The summed E-state index contributed by atoms with van der Waals surface area (Å²) < 4.78 is 5.54. The summed E-state index contributed by atoms with van der Waals surface area (Å²) in [5.41, 5.74) is 6.05. The minimum atomic E-state index is -0.489. The van der Waals surface area contributed by atoms with Gasteiger partial charge in [0.15, 0.2) is 11.0 Å². The number of aromatic nitrogens is 2. The molecule has 1 aliphatic carbocycles. The van der Waals surface area contributed by atoms with Gasteiger partial charge in [-0.15, -0.1) is 10.2 Å². The number of nitrogens with zero attached hydrogens (tertiary/aromatic N) is 4. The van der Waals surface area contributed by atoms with E-state index in [1.807, 2.05) is 25.7 Å². The molecule has 126 valence electrons. The zero-order valence-electron chi connectivity index (χ0n) is 13.7. The zero-order chi connectivity index (χ0) is 16.8. The second-order valence-electron chi connectivity index (χ2n) is 7.22. The van der Waals surface area contributed by atoms with E-state index in [1.54, 1.807) is 6.07 Å². The first-order valence-electron chi connectivity index (χ1n) is 7.74. The molecule has 2 aliphatic rings. The number of nitrogen functional groups attached to an aromatic ring is 1. The van der Waals surface area contributed by atoms with Crippen LogP contribution in [0, 0.1) is 0 Å². The Hall–Kier alpha value is -1.76. The number of amides is 1. The van der Waals surface area contributed by atoms with Gasteiger partial charge >= 0.3 is 6.09 Å². The van der Waals surface area contributed by atoms with Crippen molar-refractivity contribution in [2.45, 2.75) is 44.8 Å². The number of hydrogen-bond donors (Lipinski definition) is 1. The summed E-state index contributed by atoms with van der Waals surface area (Å²) in [7, 11) is 0. The standard InChI is InChI=1S/C15H22ClN5O2/c1-14(2,3)23-13(22)21-7-6-20(9-15(21)4-5-15)10-8-11(16)18-19-12(10)17/h8H,4-7,9H2,1-3H3,(H2,17,19). The van der Waals surface area contributed by atoms with Crippen molar-refractivity contribution in [1.29, 1.82) is 0 Å². The molecule has 0 radical (unpaired) electrons. The summed E-state index contributed by atoms with van der Waals surface area (Å²) in [6.45, 7) is 7.60. The van der Waals surface area contributed by atoms with Crippen LogP contribution in [-0.4, -0.2) is 52.0 Å². The predicted octanol–water partition coefficient (Wildman–Crippen LogP) is 2.30. The highest BCUT2D eigenvalue weighted by molar-refractivity contribution is 6.29. The third kappa shape index (κ3) is 3.29. The van der Waals surface area contributed by atoms with Crippen molar-refractivity contribution in [2.75, 3.05) is 30.3 Å². The lowest BCUT2D eigenvalue weighted by molar-refractivity contribution is 0.0107. The lowest BCUT2D eigenvalue weighted by Crippen LogP contribution is -2.58. The fourth-order valence-electron chi connectivity index (χ4n) is 2.98. The Kier molecular flexibility index (Phi) is 3.78. The van der Waals surface area contributed by atoms with Gasteiger partial charge in [-0.05, 0) is 33.6 Å². The molecule has 0 atom stereocenters. The number of ether oxygens (including phenoxy) is 1. The van der Waals surface area contributed by atoms with E-state index in [1.165, 1.54) is 0 Å². The summed E-state index contributed by atoms with van der Waals surface area (Å²) >= 11 is 5.93. The summed E-state index contributed by atoms with van der Waals surface area (Å²) in [5, 5.41) is 7.94. The summed E-state index contributed by atoms with van der Waals surface area (Å²) in [4.78, 5) is 16.4. The van der Waals surface area contributed by atoms with Crippen LogP contribution in [0.1, 0.15) is 33.6 Å². The van der Waals surface area contributed by atoms with Crippen LogP contribution in [0.2, 0.25) is 5.15 Å². The molecule has 0 bridgehead atoms. The van der Waals surface area contributed by atoms with Crippen molar-refractivity contribution >= 4 is 29.2 Å². The molecule has 0 unspecified atom stereocenters. The van der Waals surface area contributed by atoms with Crippen LogP contribution in [0.3, 0.4) is 0 Å². The first-order valence-corrected chi connectivity index (χ1v) is 8.12. The van der Waals surface area contributed by atoms with Gasteiger partial charge < -0.3 is 15.4 Å². The Bertz CT molecular complexity index is 627. The van der Waals surface area contributed by atoms with Crippen molar-refractivity contribution in [2.24, 2.45) is 0 Å². The molecule has 2 fully saturated rings. The molecule has 1 aromatic heterocycles. The maximum Gasteiger partial charge on any atom is 0.410 e. The Morgan fingerprint density at radius 2 is 2.04 bits per heavy atom. The average Bonchev–Trinajstić information content (AvgIpc) is 3.19. The highest BCUT2D eigenvalue weighted by atomic mass is 35.5. The number of hydrogen-bond acceptors (Lipinski definition) is 6. The van der Waals surface area contributed by atoms with Crippen LogP contribution in [0.5, 0.6) is 0 Å². The van der Waals surface area contributed by atoms with Gasteiger partial charge in [0, 0.05) is 25.7 Å². The fraction of sp³-hybridized carbons (Fsp3) is 0.667. The average molecular weight is 340 g/mol. The number of halogens is 1. The van der Waals surface area contributed by atoms with Gasteiger partial charge in [0.25, 0.3) is 0 Å². The molecule has 1 saturated carbocycles. The molecule has 1 aliphatic heterocycles. The quantitative estimate of drug-likeness (QED) is 0.845. The second kappa shape index (κ2) is 5.40. The summed E-state index contributed by atoms with van der Waals surface area (Å²) in [6, 6.07) is 1.73. The smallest absolute Gasteiger partial charge is 0.410 e. The zero-order valence-corrected chi connectivity index (χ0v) is 14.4. The van der Waals surface area contributed by atoms with E-state index in [-0.39, 0.29) is 11.6 Å². The van der Waals surface area contributed by atoms with E-state index < -0.39 is 5.60 Å². The van der Waals surface area contributed by atoms with Gasteiger partial charge in [0.1, 0.15) is 5.60 Å². The summed E-state index contributed by atoms with van der Waals surface area (Å²) in [6.07, 6.45) is 1.69. The number of carbonyl (C=O) groups excluding carboxylic acids is 1. The molecule has 7 nitrogen and oxygen atoms in total. The highest BCUT2D eigenvalue weighted by Gasteiger charge is 2.54. The Morgan fingerprint density at radius 1 is 1.35 bits per heavy atom. The van der Waals surface area contributed by atoms with Crippen molar-refractivity contribution in [3.63, 3.8) is 0 Å². The van der Waals surface area contributed by atoms with Crippen molar-refractivity contribution in [3.05, 3.63) is 11.2 Å². The first kappa shape index (κ1) is 16.1. The van der Waals surface area contributed by atoms with E-state index in [0.717, 1.165) is 18.5 Å². The van der Waals surface area contributed by atoms with E-state index >= 15 is 0 Å². The van der Waals surface area contributed by atoms with Crippen molar-refractivity contribution in [3.8, 4) is 0 Å². The Balaban J connectivity index is 1.76. The van der Waals surface area contributed by atoms with Crippen LogP contribution in [0.25, 0.3) is 0 Å². The minimum absolute atomic E-state index is 0.164. The monoisotopic (exact) mass is 339 g/mol. The number of carbonyl (C=O) groups is 1. The van der Waals surface area contributed by atoms with Crippen LogP contribution >= 0.6 is 11.6 Å². The first-order chi connectivity index (χ1) is 10.7. The fourth-order valence-corrected chi connectivity index (χ4v) is 3.12. The van der Waals surface area contributed by atoms with E-state index in [0.29, 0.717) is 30.6 Å². The van der Waals surface area contributed by atoms with Gasteiger partial charge in [-0.2, -0.15) is 0 Å². The van der Waals surface area contributed by atoms with Crippen molar-refractivity contribution < 1.29 is 9.53 Å². The molecule has 1 aromatic rings. The van der Waals surface area contributed by atoms with E-state index in [2.05, 4.69) is 15.1 Å². The number of anilines is 2. The molecule has 1 saturated heterocycles. The van der Waals surface area contributed by atoms with Gasteiger partial charge in [0.2, 0.25) is 0 Å². The van der Waals surface area contributed by atoms with Gasteiger partial charge in [-0.1, -0.05) is 11.6 Å². The molecule has 0 aromatic carbocycles. The molecule has 1 spiro atoms. The van der Waals surface area contributed by atoms with Crippen LogP contribution in [-0.2, 0) is 4.74 Å². The largest absolute Gasteiger partial charge is 0.444 e. The molecule has 23 heavy (non-hydrogen) atoms. The van der Waals surface area contributed by atoms with Crippen LogP contribution in [0.4, 0.5) is 16.3 Å². The highest BCUT2D eigenvalue weighted by Crippen LogP contribution is 2.46. The molecule has 8 heteroatoms. The second-order valence-corrected chi connectivity index (χ2v) is 7.60. The van der Waals surface area contributed by atoms with Gasteiger partial charge in [0.05, 0.1) is 11.2 Å². The molecular weight excluding hydrogens is 318 g/mol. The van der Waals surface area contributed by atoms with Crippen LogP contribution in [0.15, 0.2) is 6.07 Å². The Labute approximate surface area is 140 Å². The lowest BCUT2D eigenvalue weighted by atomic mass is 10.1. The molecule has 2 N–H and O–H groups in total. The maximum atomic E-state index is 12.5. The molecule has 1 amide bonds. The molecule has 2 heterocycles. The van der Waals surface area contributed by atoms with Gasteiger partial charge in [-0.25, -0.2) is 4.79 Å². The van der Waals surface area contributed by atoms with E-state index in [9.17, 15) is 4.79 Å². The topological polar surface area (TPSA) is 84.6 Å². The minimum Gasteiger partial charge on any atom is -0.444 e. The molecule has 3 rings (SSSR count). The lowest BCUT2D eigenvalue weighted by Gasteiger charge is -2.43. The predicted molar refractivity (Wildman–Crippen MR) is 88.6 cm³/mol. The third-order valence-electron chi connectivity index (χ3n) is 4.20. The number of piperazine rings is 1. The van der Waals surface area contributed by atoms with Crippen LogP contribution < -0.4 is 10.6 Å². The van der Waals surface area contributed by atoms with E-state index in [4.69, 9.17) is 22.1 Å². The Morgan fingerprint density at radius 3 is 2.65 bits per heavy atom. The van der Waals surface area contributed by atoms with Crippen molar-refractivity contribution in [1.82, 2.24) is 15.1 Å². The third-order valence-corrected chi connectivity index (χ3v) is 4.39. The SMILES string of the molecule is CC(C)(C)OC(=O)N1CCN(c2cc(Cl)nnc2N)CC12CC2. The number of rotatable bonds is 1.